The molecular formula is C36H38N4O5. The van der Waals surface area contributed by atoms with E-state index in [1.807, 2.05) is 71.9 Å². The summed E-state index contributed by atoms with van der Waals surface area (Å²) in [6.07, 6.45) is 4.82. The summed E-state index contributed by atoms with van der Waals surface area (Å²) in [5, 5.41) is 0. The predicted octanol–water partition coefficient (Wildman–Crippen LogP) is 7.23. The molecule has 5 aromatic rings. The average Bonchev–Trinajstić information content (AvgIpc) is 3.07. The van der Waals surface area contributed by atoms with Crippen LogP contribution in [0.4, 0.5) is 0 Å². The molecule has 0 bridgehead atoms. The average molecular weight is 607 g/mol. The molecule has 0 saturated heterocycles. The second-order valence-corrected chi connectivity index (χ2v) is 11.4. The van der Waals surface area contributed by atoms with E-state index in [9.17, 15) is 14.4 Å². The van der Waals surface area contributed by atoms with E-state index in [1.165, 1.54) is 0 Å². The van der Waals surface area contributed by atoms with Gasteiger partial charge in [0.15, 0.2) is 28.8 Å². The maximum atomic E-state index is 11.7. The van der Waals surface area contributed by atoms with Gasteiger partial charge in [-0.1, -0.05) is 53.7 Å². The van der Waals surface area contributed by atoms with E-state index in [0.717, 1.165) is 27.8 Å². The van der Waals surface area contributed by atoms with Crippen molar-refractivity contribution in [2.24, 2.45) is 17.8 Å². The first-order valence-corrected chi connectivity index (χ1v) is 15.0. The van der Waals surface area contributed by atoms with E-state index in [0.29, 0.717) is 35.8 Å². The lowest BCUT2D eigenvalue weighted by molar-refractivity contribution is 0.0928. The topological polar surface area (TPSA) is 121 Å². The van der Waals surface area contributed by atoms with Crippen LogP contribution in [0, 0.1) is 17.8 Å². The number of hydrogen-bond donors (Lipinski definition) is 0. The van der Waals surface area contributed by atoms with E-state index in [2.05, 4.69) is 19.9 Å². The summed E-state index contributed by atoms with van der Waals surface area (Å²) in [6, 6.07) is 18.3. The summed E-state index contributed by atoms with van der Waals surface area (Å²) < 4.78 is 10.8. The molecule has 0 atom stereocenters. The normalized spacial score (nSPS) is 11.9. The molecular weight excluding hydrogens is 568 g/mol. The highest BCUT2D eigenvalue weighted by atomic mass is 16.6. The molecule has 2 aromatic heterocycles. The van der Waals surface area contributed by atoms with Crippen molar-refractivity contribution in [3.05, 3.63) is 96.1 Å². The Labute approximate surface area is 263 Å². The number of para-hydroxylation sites is 2. The number of hydrogen-bond acceptors (Lipinski definition) is 9. The van der Waals surface area contributed by atoms with Gasteiger partial charge in [-0.25, -0.2) is 4.98 Å². The quantitative estimate of drug-likeness (QED) is 0.184. The van der Waals surface area contributed by atoms with Crippen LogP contribution >= 0.6 is 0 Å². The first-order chi connectivity index (χ1) is 21.5. The standard InChI is InChI=1S/2C12H12N2O.C12H14O3/c1-8(2)12(15)9-3-4-10-11(7-9)14-6-5-13-10;1-8(2)12(15)11-7-13-9-5-3-4-6-10(9)14-11;1-8(2)12(13)9-3-4-10-11(7-9)15-6-5-14-10/h2*3-8H,1-2H3;3-4,7-8H,5-6H2,1-2H3. The minimum absolute atomic E-state index is 0.00700. The van der Waals surface area contributed by atoms with Crippen molar-refractivity contribution < 1.29 is 23.9 Å². The van der Waals surface area contributed by atoms with Crippen LogP contribution in [-0.4, -0.2) is 50.5 Å². The molecule has 9 heteroatoms. The molecule has 0 N–H and O–H groups in total. The van der Waals surface area contributed by atoms with Gasteiger partial charge in [0.2, 0.25) is 0 Å². The van der Waals surface area contributed by atoms with E-state index in [1.54, 1.807) is 48.9 Å². The number of fused-ring (bicyclic) bond motifs is 3. The Morgan fingerprint density at radius 1 is 0.578 bits per heavy atom. The lowest BCUT2D eigenvalue weighted by atomic mass is 10.0. The van der Waals surface area contributed by atoms with Crippen LogP contribution in [0.25, 0.3) is 22.1 Å². The van der Waals surface area contributed by atoms with Crippen LogP contribution in [-0.2, 0) is 0 Å². The second-order valence-electron chi connectivity index (χ2n) is 11.4. The van der Waals surface area contributed by atoms with Crippen molar-refractivity contribution in [3.63, 3.8) is 0 Å². The third-order valence-corrected chi connectivity index (χ3v) is 6.85. The van der Waals surface area contributed by atoms with Gasteiger partial charge in [0, 0.05) is 41.3 Å². The Bertz CT molecular complexity index is 1720. The molecule has 45 heavy (non-hydrogen) atoms. The van der Waals surface area contributed by atoms with Crippen LogP contribution in [0.15, 0.2) is 79.3 Å². The fraction of sp³-hybridized carbons (Fsp3) is 0.306. The lowest BCUT2D eigenvalue weighted by Gasteiger charge is -2.18. The number of rotatable bonds is 6. The molecule has 6 rings (SSSR count). The fourth-order valence-corrected chi connectivity index (χ4v) is 4.35. The van der Waals surface area contributed by atoms with Gasteiger partial charge in [-0.15, -0.1) is 0 Å². The zero-order chi connectivity index (χ0) is 32.5. The molecule has 0 unspecified atom stereocenters. The Kier molecular flexibility index (Phi) is 11.0. The highest BCUT2D eigenvalue weighted by Gasteiger charge is 2.17. The third kappa shape index (κ3) is 8.53. The monoisotopic (exact) mass is 606 g/mol. The van der Waals surface area contributed by atoms with Gasteiger partial charge < -0.3 is 9.47 Å². The van der Waals surface area contributed by atoms with Crippen molar-refractivity contribution in [3.8, 4) is 11.5 Å². The van der Waals surface area contributed by atoms with E-state index in [-0.39, 0.29) is 35.1 Å². The highest BCUT2D eigenvalue weighted by molar-refractivity contribution is 6.00. The Morgan fingerprint density at radius 3 is 1.76 bits per heavy atom. The number of carbonyl (C=O) groups is 3. The summed E-state index contributed by atoms with van der Waals surface area (Å²) >= 11 is 0. The number of benzene rings is 3. The van der Waals surface area contributed by atoms with Crippen molar-refractivity contribution in [2.45, 2.75) is 41.5 Å². The van der Waals surface area contributed by atoms with Gasteiger partial charge in [-0.2, -0.15) is 0 Å². The van der Waals surface area contributed by atoms with Crippen LogP contribution in [0.2, 0.25) is 0 Å². The molecule has 0 saturated carbocycles. The molecule has 1 aliphatic heterocycles. The molecule has 9 nitrogen and oxygen atoms in total. The number of nitrogens with zero attached hydrogens (tertiary/aromatic N) is 4. The van der Waals surface area contributed by atoms with Gasteiger partial charge in [0.05, 0.1) is 28.3 Å². The largest absolute Gasteiger partial charge is 0.486 e. The van der Waals surface area contributed by atoms with Gasteiger partial charge in [0.1, 0.15) is 18.9 Å². The zero-order valence-corrected chi connectivity index (χ0v) is 26.5. The van der Waals surface area contributed by atoms with Crippen LogP contribution < -0.4 is 9.47 Å². The van der Waals surface area contributed by atoms with E-state index in [4.69, 9.17) is 9.47 Å². The van der Waals surface area contributed by atoms with E-state index >= 15 is 0 Å². The van der Waals surface area contributed by atoms with Crippen LogP contribution in [0.1, 0.15) is 72.7 Å². The SMILES string of the molecule is CC(C)C(=O)c1ccc2c(c1)OCCO2.CC(C)C(=O)c1ccc2nccnc2c1.CC(C)C(=O)c1cnc2ccccc2n1. The van der Waals surface area contributed by atoms with Crippen molar-refractivity contribution in [2.75, 3.05) is 13.2 Å². The van der Waals surface area contributed by atoms with Crippen molar-refractivity contribution in [1.82, 2.24) is 19.9 Å². The summed E-state index contributed by atoms with van der Waals surface area (Å²) in [5.74, 6) is 1.68. The molecule has 0 spiro atoms. The number of ketones is 3. The van der Waals surface area contributed by atoms with Crippen molar-refractivity contribution >= 4 is 39.4 Å². The number of aromatic nitrogens is 4. The molecule has 232 valence electrons. The van der Waals surface area contributed by atoms with Gasteiger partial charge in [-0.05, 0) is 48.5 Å². The van der Waals surface area contributed by atoms with E-state index < -0.39 is 0 Å². The molecule has 0 aliphatic carbocycles. The first kappa shape index (κ1) is 32.9. The molecule has 3 aromatic carbocycles. The Morgan fingerprint density at radius 2 is 1.11 bits per heavy atom. The summed E-state index contributed by atoms with van der Waals surface area (Å²) in [5.41, 5.74) is 5.01. The van der Waals surface area contributed by atoms with Crippen molar-refractivity contribution in [1.29, 1.82) is 0 Å². The number of carbonyl (C=O) groups excluding carboxylic acids is 3. The van der Waals surface area contributed by atoms with Gasteiger partial charge in [0.25, 0.3) is 0 Å². The minimum Gasteiger partial charge on any atom is -0.486 e. The Balaban J connectivity index is 0.000000154. The first-order valence-electron chi connectivity index (χ1n) is 15.0. The molecule has 3 heterocycles. The molecule has 0 radical (unpaired) electrons. The fourth-order valence-electron chi connectivity index (χ4n) is 4.35. The second kappa shape index (κ2) is 15.1. The minimum atomic E-state index is -0.0412. The maximum absolute atomic E-state index is 11.7. The lowest BCUT2D eigenvalue weighted by Crippen LogP contribution is -2.16. The maximum Gasteiger partial charge on any atom is 0.185 e. The Hall–Kier alpha value is -5.05. The number of Topliss-reactive ketones (excluding diaryl/α,β-unsaturated/α-hetero) is 3. The summed E-state index contributed by atoms with van der Waals surface area (Å²) in [7, 11) is 0. The zero-order valence-electron chi connectivity index (χ0n) is 26.5. The molecule has 0 amide bonds. The van der Waals surface area contributed by atoms with Crippen LogP contribution in [0.5, 0.6) is 11.5 Å². The highest BCUT2D eigenvalue weighted by Crippen LogP contribution is 2.31. The molecule has 0 fully saturated rings. The third-order valence-electron chi connectivity index (χ3n) is 6.85. The number of ether oxygens (including phenoxy) is 2. The van der Waals surface area contributed by atoms with Gasteiger partial charge in [-0.3, -0.25) is 29.3 Å². The molecule has 1 aliphatic rings. The van der Waals surface area contributed by atoms with Crippen LogP contribution in [0.3, 0.4) is 0 Å². The predicted molar refractivity (Wildman–Crippen MR) is 174 cm³/mol. The summed E-state index contributed by atoms with van der Waals surface area (Å²) in [4.78, 5) is 52.0. The van der Waals surface area contributed by atoms with Gasteiger partial charge >= 0.3 is 0 Å². The summed E-state index contributed by atoms with van der Waals surface area (Å²) in [6.45, 7) is 12.4. The smallest absolute Gasteiger partial charge is 0.185 e.